The van der Waals surface area contributed by atoms with Crippen molar-refractivity contribution in [1.82, 2.24) is 14.5 Å². The van der Waals surface area contributed by atoms with Gasteiger partial charge in [0.15, 0.2) is 0 Å². The van der Waals surface area contributed by atoms with Crippen LogP contribution in [0.5, 0.6) is 0 Å². The van der Waals surface area contributed by atoms with Crippen molar-refractivity contribution in [2.24, 2.45) is 20.0 Å². The molecule has 12 heteroatoms. The maximum absolute atomic E-state index is 12.6. The fourth-order valence-corrected chi connectivity index (χ4v) is 2.85. The number of carbonyl (C=O) groups excluding carboxylic acids is 2. The SMILES string of the molecule is CC(C)[C@H](NC(=O)c1ccc(Cl)c([N+](=O)[O-])c1)C(=O)OCc1cc(=O)n(C)c(=O)n1C. The Morgan fingerprint density at radius 2 is 1.84 bits per heavy atom. The molecule has 1 amide bonds. The molecule has 0 saturated carbocycles. The van der Waals surface area contributed by atoms with Gasteiger partial charge in [0.1, 0.15) is 17.7 Å². The smallest absolute Gasteiger partial charge is 0.330 e. The summed E-state index contributed by atoms with van der Waals surface area (Å²) in [4.78, 5) is 59.2. The first-order valence-electron chi connectivity index (χ1n) is 9.11. The number of benzene rings is 1. The molecule has 0 radical (unpaired) electrons. The van der Waals surface area contributed by atoms with Gasteiger partial charge in [0, 0.05) is 31.8 Å². The van der Waals surface area contributed by atoms with E-state index in [1.807, 2.05) is 0 Å². The van der Waals surface area contributed by atoms with Gasteiger partial charge in [-0.05, 0) is 18.1 Å². The van der Waals surface area contributed by atoms with Gasteiger partial charge < -0.3 is 10.1 Å². The van der Waals surface area contributed by atoms with Crippen molar-refractivity contribution in [3.8, 4) is 0 Å². The second kappa shape index (κ2) is 9.56. The van der Waals surface area contributed by atoms with Crippen molar-refractivity contribution in [2.45, 2.75) is 26.5 Å². The Morgan fingerprint density at radius 1 is 1.19 bits per heavy atom. The van der Waals surface area contributed by atoms with Gasteiger partial charge in [-0.1, -0.05) is 25.4 Å². The molecular weight excluding hydrogens is 432 g/mol. The van der Waals surface area contributed by atoms with E-state index in [2.05, 4.69) is 5.32 Å². The third-order valence-corrected chi connectivity index (χ3v) is 4.92. The molecule has 0 unspecified atom stereocenters. The van der Waals surface area contributed by atoms with Crippen molar-refractivity contribution >= 4 is 29.2 Å². The number of hydrogen-bond acceptors (Lipinski definition) is 7. The monoisotopic (exact) mass is 452 g/mol. The lowest BCUT2D eigenvalue weighted by molar-refractivity contribution is -0.384. The molecule has 166 valence electrons. The Balaban J connectivity index is 2.18. The number of esters is 1. The van der Waals surface area contributed by atoms with Crippen LogP contribution in [0, 0.1) is 16.0 Å². The zero-order chi connectivity index (χ0) is 23.5. The lowest BCUT2D eigenvalue weighted by Crippen LogP contribution is -2.45. The lowest BCUT2D eigenvalue weighted by Gasteiger charge is -2.21. The minimum atomic E-state index is -1.08. The first kappa shape index (κ1) is 23.8. The van der Waals surface area contributed by atoms with Crippen LogP contribution in [0.3, 0.4) is 0 Å². The van der Waals surface area contributed by atoms with Gasteiger partial charge in [-0.15, -0.1) is 0 Å². The number of carbonyl (C=O) groups is 2. The first-order valence-corrected chi connectivity index (χ1v) is 9.49. The molecule has 1 atom stereocenters. The van der Waals surface area contributed by atoms with Gasteiger partial charge in [-0.25, -0.2) is 9.59 Å². The molecule has 0 bridgehead atoms. The van der Waals surface area contributed by atoms with Crippen molar-refractivity contribution in [3.05, 3.63) is 71.5 Å². The van der Waals surface area contributed by atoms with E-state index in [1.165, 1.54) is 36.9 Å². The number of nitro benzene ring substituents is 1. The van der Waals surface area contributed by atoms with E-state index in [-0.39, 0.29) is 28.8 Å². The Morgan fingerprint density at radius 3 is 2.42 bits per heavy atom. The zero-order valence-corrected chi connectivity index (χ0v) is 18.0. The summed E-state index contributed by atoms with van der Waals surface area (Å²) >= 11 is 5.75. The van der Waals surface area contributed by atoms with Crippen LogP contribution in [0.15, 0.2) is 33.9 Å². The average molecular weight is 453 g/mol. The summed E-state index contributed by atoms with van der Waals surface area (Å²) in [6.07, 6.45) is 0. The molecule has 2 aromatic rings. The molecule has 1 N–H and O–H groups in total. The number of nitro groups is 1. The van der Waals surface area contributed by atoms with Crippen molar-refractivity contribution < 1.29 is 19.2 Å². The van der Waals surface area contributed by atoms with E-state index in [4.69, 9.17) is 16.3 Å². The standard InChI is InChI=1S/C19H21ClN4O7/c1-10(2)16(21-17(26)11-5-6-13(20)14(7-11)24(29)30)18(27)31-9-12-8-15(25)23(4)19(28)22(12)3/h5-8,10,16H,9H2,1-4H3,(H,21,26)/t16-/m0/s1. The van der Waals surface area contributed by atoms with Crippen LogP contribution < -0.4 is 16.6 Å². The Kier molecular flexibility index (Phi) is 7.34. The lowest BCUT2D eigenvalue weighted by atomic mass is 10.0. The van der Waals surface area contributed by atoms with Crippen LogP contribution in [0.4, 0.5) is 5.69 Å². The highest BCUT2D eigenvalue weighted by Gasteiger charge is 2.27. The zero-order valence-electron chi connectivity index (χ0n) is 17.2. The molecule has 0 aliphatic heterocycles. The molecule has 0 aliphatic carbocycles. The summed E-state index contributed by atoms with van der Waals surface area (Å²) < 4.78 is 7.29. The number of aromatic nitrogens is 2. The molecule has 0 aliphatic rings. The second-order valence-corrected chi connectivity index (χ2v) is 7.51. The van der Waals surface area contributed by atoms with E-state index in [0.717, 1.165) is 10.6 Å². The summed E-state index contributed by atoms with van der Waals surface area (Å²) in [6, 6.07) is 3.61. The van der Waals surface area contributed by atoms with Crippen molar-refractivity contribution in [3.63, 3.8) is 0 Å². The van der Waals surface area contributed by atoms with Crippen molar-refractivity contribution in [2.75, 3.05) is 0 Å². The molecule has 0 spiro atoms. The third-order valence-electron chi connectivity index (χ3n) is 4.60. The topological polar surface area (TPSA) is 143 Å². The number of ether oxygens (including phenoxy) is 1. The molecular formula is C19H21ClN4O7. The second-order valence-electron chi connectivity index (χ2n) is 7.10. The molecule has 1 aromatic carbocycles. The largest absolute Gasteiger partial charge is 0.458 e. The van der Waals surface area contributed by atoms with Gasteiger partial charge in [0.05, 0.1) is 10.6 Å². The molecule has 11 nitrogen and oxygen atoms in total. The number of hydrogen-bond donors (Lipinski definition) is 1. The van der Waals surface area contributed by atoms with Gasteiger partial charge in [-0.2, -0.15) is 0 Å². The first-order chi connectivity index (χ1) is 14.4. The van der Waals surface area contributed by atoms with E-state index in [0.29, 0.717) is 0 Å². The molecule has 2 rings (SSSR count). The van der Waals surface area contributed by atoms with E-state index < -0.39 is 39.8 Å². The van der Waals surface area contributed by atoms with Crippen LogP contribution >= 0.6 is 11.6 Å². The minimum Gasteiger partial charge on any atom is -0.458 e. The summed E-state index contributed by atoms with van der Waals surface area (Å²) in [6.45, 7) is 2.99. The predicted octanol–water partition coefficient (Wildman–Crippen LogP) is 1.14. The number of halogens is 1. The molecule has 0 fully saturated rings. The van der Waals surface area contributed by atoms with Crippen LogP contribution in [0.25, 0.3) is 0 Å². The van der Waals surface area contributed by atoms with Crippen LogP contribution in [-0.2, 0) is 30.2 Å². The number of rotatable bonds is 7. The Labute approximate surface area is 181 Å². The minimum absolute atomic E-state index is 0.0523. The van der Waals surface area contributed by atoms with Gasteiger partial charge >= 0.3 is 11.7 Å². The average Bonchev–Trinajstić information content (AvgIpc) is 2.71. The van der Waals surface area contributed by atoms with Crippen LogP contribution in [-0.4, -0.2) is 32.0 Å². The Hall–Kier alpha value is -3.47. The summed E-state index contributed by atoms with van der Waals surface area (Å²) in [7, 11) is 2.76. The van der Waals surface area contributed by atoms with Gasteiger partial charge in [0.25, 0.3) is 17.2 Å². The molecule has 31 heavy (non-hydrogen) atoms. The van der Waals surface area contributed by atoms with Gasteiger partial charge in [0.2, 0.25) is 0 Å². The van der Waals surface area contributed by atoms with Crippen LogP contribution in [0.1, 0.15) is 29.9 Å². The van der Waals surface area contributed by atoms with Gasteiger partial charge in [-0.3, -0.25) is 28.8 Å². The number of nitrogens with zero attached hydrogens (tertiary/aromatic N) is 3. The number of amides is 1. The summed E-state index contributed by atoms with van der Waals surface area (Å²) in [5, 5.41) is 13.4. The molecule has 1 aromatic heterocycles. The Bertz CT molecular complexity index is 1150. The fraction of sp³-hybridized carbons (Fsp3) is 0.368. The maximum atomic E-state index is 12.6. The third kappa shape index (κ3) is 5.37. The van der Waals surface area contributed by atoms with E-state index >= 15 is 0 Å². The molecule has 0 saturated heterocycles. The summed E-state index contributed by atoms with van der Waals surface area (Å²) in [5.74, 6) is -1.90. The molecule has 1 heterocycles. The van der Waals surface area contributed by atoms with Crippen LogP contribution in [0.2, 0.25) is 5.02 Å². The van der Waals surface area contributed by atoms with E-state index in [9.17, 15) is 29.3 Å². The highest BCUT2D eigenvalue weighted by atomic mass is 35.5. The fourth-order valence-electron chi connectivity index (χ4n) is 2.67. The maximum Gasteiger partial charge on any atom is 0.330 e. The normalized spacial score (nSPS) is 11.8. The predicted molar refractivity (Wildman–Crippen MR) is 111 cm³/mol. The van der Waals surface area contributed by atoms with Crippen molar-refractivity contribution in [1.29, 1.82) is 0 Å². The quantitative estimate of drug-likeness (QED) is 0.377. The number of nitrogens with one attached hydrogen (secondary N) is 1. The summed E-state index contributed by atoms with van der Waals surface area (Å²) in [5.41, 5.74) is -1.43. The van der Waals surface area contributed by atoms with E-state index in [1.54, 1.807) is 13.8 Å². The highest BCUT2D eigenvalue weighted by molar-refractivity contribution is 6.32. The highest BCUT2D eigenvalue weighted by Crippen LogP contribution is 2.25.